The van der Waals surface area contributed by atoms with Crippen molar-refractivity contribution in [1.82, 2.24) is 5.32 Å². The van der Waals surface area contributed by atoms with E-state index in [1.54, 1.807) is 6.08 Å². The van der Waals surface area contributed by atoms with Crippen molar-refractivity contribution in [2.45, 2.75) is 139 Å². The van der Waals surface area contributed by atoms with Gasteiger partial charge in [0.2, 0.25) is 0 Å². The summed E-state index contributed by atoms with van der Waals surface area (Å²) in [5.74, 6) is -0.211. The van der Waals surface area contributed by atoms with Gasteiger partial charge in [0.15, 0.2) is 0 Å². The molecule has 5 atom stereocenters. The number of aliphatic imine (C=N–C) groups is 3. The van der Waals surface area contributed by atoms with Gasteiger partial charge >= 0.3 is 11.9 Å². The summed E-state index contributed by atoms with van der Waals surface area (Å²) in [5.41, 5.74) is 11.7. The molecule has 0 aromatic carbocycles. The average Bonchev–Trinajstić information content (AvgIpc) is 4.02. The van der Waals surface area contributed by atoms with Crippen LogP contribution in [0.15, 0.2) is 131 Å². The smallest absolute Gasteiger partial charge is 0.321 e. The van der Waals surface area contributed by atoms with E-state index in [-0.39, 0.29) is 43.2 Å². The first-order chi connectivity index (χ1) is 31.1. The summed E-state index contributed by atoms with van der Waals surface area (Å²) in [6.45, 7) is 23.7. The highest BCUT2D eigenvalue weighted by Crippen LogP contribution is 2.49. The molecule has 0 amide bonds. The fraction of sp³-hybridized carbons (Fsp3) is 0.545. The van der Waals surface area contributed by atoms with Crippen molar-refractivity contribution in [3.05, 3.63) is 116 Å². The van der Waals surface area contributed by atoms with Crippen LogP contribution in [-0.4, -0.2) is 59.6 Å². The van der Waals surface area contributed by atoms with Gasteiger partial charge in [-0.3, -0.25) is 9.59 Å². The molecule has 5 unspecified atom stereocenters. The highest BCUT2D eigenvalue weighted by molar-refractivity contribution is 6.24. The molecular weight excluding hydrogens is 813 g/mol. The number of ether oxygens (including phenoxy) is 2. The van der Waals surface area contributed by atoms with Crippen LogP contribution in [0.5, 0.6) is 0 Å². The maximum absolute atomic E-state index is 13.6. The predicted octanol–water partition coefficient (Wildman–Crippen LogP) is 11.9. The fourth-order valence-electron chi connectivity index (χ4n) is 10.3. The van der Waals surface area contributed by atoms with Gasteiger partial charge < -0.3 is 25.0 Å². The number of methoxy groups -OCH3 is 1. The predicted molar refractivity (Wildman–Crippen MR) is 263 cm³/mol. The first kappa shape index (κ1) is 49.3. The number of carbonyl (C=O) groups excluding carboxylic acids is 2. The zero-order valence-electron chi connectivity index (χ0n) is 40.8. The average molecular weight is 887 g/mol. The van der Waals surface area contributed by atoms with Gasteiger partial charge in [0, 0.05) is 51.9 Å². The summed E-state index contributed by atoms with van der Waals surface area (Å²) in [6, 6.07) is 0. The molecule has 8 bridgehead atoms. The van der Waals surface area contributed by atoms with E-state index in [0.29, 0.717) is 69.7 Å². The number of allylic oxidation sites excluding steroid dienone is 11. The van der Waals surface area contributed by atoms with Crippen molar-refractivity contribution in [3.8, 4) is 0 Å². The zero-order chi connectivity index (χ0) is 47.1. The highest BCUT2D eigenvalue weighted by atomic mass is 16.5. The first-order valence-corrected chi connectivity index (χ1v) is 24.3. The summed E-state index contributed by atoms with van der Waals surface area (Å²) in [4.78, 5) is 42.3. The van der Waals surface area contributed by atoms with E-state index in [4.69, 9.17) is 24.5 Å². The van der Waals surface area contributed by atoms with Crippen LogP contribution in [0.3, 0.4) is 0 Å². The van der Waals surface area contributed by atoms with Crippen LogP contribution >= 0.6 is 0 Å². The topological polar surface area (TPSA) is 142 Å². The minimum atomic E-state index is -1.11. The Morgan fingerprint density at radius 2 is 1.57 bits per heavy atom. The second kappa shape index (κ2) is 21.9. The second-order valence-electron chi connectivity index (χ2n) is 19.5. The van der Waals surface area contributed by atoms with E-state index in [1.165, 1.54) is 57.6 Å². The van der Waals surface area contributed by atoms with Crippen LogP contribution < -0.4 is 5.32 Å². The van der Waals surface area contributed by atoms with Crippen molar-refractivity contribution in [1.29, 1.82) is 0 Å². The van der Waals surface area contributed by atoms with Crippen molar-refractivity contribution in [2.75, 3.05) is 20.3 Å². The number of hydrogen-bond donors (Lipinski definition) is 3. The van der Waals surface area contributed by atoms with Crippen molar-refractivity contribution >= 4 is 29.1 Å². The molecule has 10 nitrogen and oxygen atoms in total. The number of hydrogen-bond acceptors (Lipinski definition) is 10. The van der Waals surface area contributed by atoms with E-state index >= 15 is 0 Å². The molecule has 0 aromatic heterocycles. The van der Waals surface area contributed by atoms with Gasteiger partial charge in [-0.15, -0.1) is 0 Å². The molecule has 65 heavy (non-hydrogen) atoms. The van der Waals surface area contributed by atoms with Gasteiger partial charge in [0.25, 0.3) is 0 Å². The normalized spacial score (nSPS) is 22.6. The Morgan fingerprint density at radius 1 is 0.892 bits per heavy atom. The number of esters is 2. The number of carbonyl (C=O) groups is 2. The summed E-state index contributed by atoms with van der Waals surface area (Å²) < 4.78 is 11.1. The minimum absolute atomic E-state index is 0.121. The second-order valence-corrected chi connectivity index (χ2v) is 19.5. The van der Waals surface area contributed by atoms with Gasteiger partial charge in [-0.05, 0) is 105 Å². The number of aliphatic hydroxyl groups excluding tert-OH is 2. The molecule has 5 aliphatic heterocycles. The monoisotopic (exact) mass is 887 g/mol. The van der Waals surface area contributed by atoms with Gasteiger partial charge in [-0.1, -0.05) is 105 Å². The number of nitrogens with one attached hydrogen (secondary N) is 1. The Balaban J connectivity index is 1.21. The van der Waals surface area contributed by atoms with Crippen molar-refractivity contribution in [2.24, 2.45) is 50.5 Å². The third-order valence-corrected chi connectivity index (χ3v) is 14.3. The summed E-state index contributed by atoms with van der Waals surface area (Å²) in [5, 5.41) is 26.2. The van der Waals surface area contributed by atoms with Crippen LogP contribution in [0, 0.1) is 35.5 Å². The van der Waals surface area contributed by atoms with E-state index in [0.717, 1.165) is 58.4 Å². The van der Waals surface area contributed by atoms with E-state index in [2.05, 4.69) is 53.4 Å². The lowest BCUT2D eigenvalue weighted by Crippen LogP contribution is -2.25. The number of aliphatic hydroxyl groups is 2. The molecule has 1 fully saturated rings. The van der Waals surface area contributed by atoms with Crippen LogP contribution in [0.4, 0.5) is 0 Å². The zero-order valence-corrected chi connectivity index (χ0v) is 40.8. The molecule has 0 saturated carbocycles. The summed E-state index contributed by atoms with van der Waals surface area (Å²) in [6.07, 6.45) is 22.1. The van der Waals surface area contributed by atoms with E-state index in [1.807, 2.05) is 45.1 Å². The molecule has 0 radical (unpaired) electrons. The Labute approximate surface area is 388 Å². The Hall–Kier alpha value is -5.09. The van der Waals surface area contributed by atoms with Gasteiger partial charge in [-0.25, -0.2) is 15.0 Å². The minimum Gasteiger partial charge on any atom is -0.510 e. The molecule has 350 valence electrons. The van der Waals surface area contributed by atoms with Gasteiger partial charge in [-0.2, -0.15) is 0 Å². The molecule has 0 aromatic rings. The quantitative estimate of drug-likeness (QED) is 0.0769. The molecule has 6 rings (SSSR count). The lowest BCUT2D eigenvalue weighted by molar-refractivity contribution is -0.144. The molecule has 6 aliphatic rings. The Kier molecular flexibility index (Phi) is 16.6. The van der Waals surface area contributed by atoms with Crippen LogP contribution in [0.25, 0.3) is 0 Å². The molecule has 10 heteroatoms. The van der Waals surface area contributed by atoms with Crippen LogP contribution in [0.1, 0.15) is 139 Å². The molecular formula is C55H74N4O6. The molecule has 1 saturated heterocycles. The maximum atomic E-state index is 13.6. The number of rotatable bonds is 21. The lowest BCUT2D eigenvalue weighted by Gasteiger charge is -2.20. The summed E-state index contributed by atoms with van der Waals surface area (Å²) in [7, 11) is 1.32. The first-order valence-electron chi connectivity index (χ1n) is 24.3. The van der Waals surface area contributed by atoms with Crippen LogP contribution in [0.2, 0.25) is 0 Å². The number of fused-ring (bicyclic) bond motifs is 5. The lowest BCUT2D eigenvalue weighted by atomic mass is 9.84. The Morgan fingerprint density at radius 3 is 2.22 bits per heavy atom. The van der Waals surface area contributed by atoms with Crippen LogP contribution in [-0.2, 0) is 19.1 Å². The Bertz CT molecular complexity index is 2320. The van der Waals surface area contributed by atoms with Gasteiger partial charge in [0.1, 0.15) is 18.3 Å². The standard InChI is InChI=1S/C55H74N4O6/c1-12-38-35(8)42-27-43-36(9)40(23-24-48(61)65-26-25-34(7)22-16-21-33(6)20-15-19-32(5)18-14-17-31(3)4)52(58-43)50-51(55(63)64-11)54(62)49-37(10)44(59-53(49)50)28-46-39(13-2)41(30-60)47(57-46)29-45(38)56-42/h12,25,27-29,31-33,36,40,51,58,60,62H,1,13-24,26,30H2,2-11H3. The molecule has 5 heterocycles. The van der Waals surface area contributed by atoms with E-state index in [9.17, 15) is 19.8 Å². The molecule has 1 aliphatic carbocycles. The SMILES string of the molecule is C=CC1=C(C)C2=NC1=CC1=NC(=CC3=C(C)C4=C(O)C(C(=O)OC)C(=C5NC(=C2)C(C)C5CCC(=O)OCC=C(C)CCCC(C)CCCC(C)CCCC(C)C)C4=N3)C(CC)=C1CO. The fourth-order valence-corrected chi connectivity index (χ4v) is 10.3. The summed E-state index contributed by atoms with van der Waals surface area (Å²) >= 11 is 0. The third kappa shape index (κ3) is 11.0. The van der Waals surface area contributed by atoms with E-state index < -0.39 is 11.9 Å². The third-order valence-electron chi connectivity index (χ3n) is 14.3. The highest BCUT2D eigenvalue weighted by Gasteiger charge is 2.49. The number of nitrogens with zero attached hydrogens (tertiary/aromatic N) is 3. The molecule has 3 N–H and O–H groups in total. The maximum Gasteiger partial charge on any atom is 0.321 e. The molecule has 0 spiro atoms. The van der Waals surface area contributed by atoms with Crippen molar-refractivity contribution < 1.29 is 29.3 Å². The van der Waals surface area contributed by atoms with Gasteiger partial charge in [0.05, 0.1) is 47.9 Å². The van der Waals surface area contributed by atoms with Crippen molar-refractivity contribution in [3.63, 3.8) is 0 Å². The largest absolute Gasteiger partial charge is 0.510 e.